The Bertz CT molecular complexity index is 593. The minimum Gasteiger partial charge on any atom is -0.294 e. The lowest BCUT2D eigenvalue weighted by atomic mass is 10.00. The van der Waals surface area contributed by atoms with Gasteiger partial charge in [0.2, 0.25) is 0 Å². The SMILES string of the molecule is Cc1ccccc1CC(=O)c1cc(I)ccc1Br. The first-order valence-electron chi connectivity index (χ1n) is 5.60. The molecule has 92 valence electrons. The number of Topliss-reactive ketones (excluding diaryl/α,β-unsaturated/α-hetero) is 1. The summed E-state index contributed by atoms with van der Waals surface area (Å²) in [5.74, 6) is 0.148. The minimum absolute atomic E-state index is 0.148. The van der Waals surface area contributed by atoms with Crippen LogP contribution in [0.5, 0.6) is 0 Å². The molecule has 0 unspecified atom stereocenters. The highest BCUT2D eigenvalue weighted by Crippen LogP contribution is 2.22. The number of aryl methyl sites for hydroxylation is 1. The van der Waals surface area contributed by atoms with Gasteiger partial charge in [-0.2, -0.15) is 0 Å². The van der Waals surface area contributed by atoms with Gasteiger partial charge in [-0.3, -0.25) is 4.79 Å². The summed E-state index contributed by atoms with van der Waals surface area (Å²) in [6, 6.07) is 13.8. The van der Waals surface area contributed by atoms with Crippen LogP contribution in [0.2, 0.25) is 0 Å². The van der Waals surface area contributed by atoms with Gasteiger partial charge in [0.15, 0.2) is 5.78 Å². The summed E-state index contributed by atoms with van der Waals surface area (Å²) in [6.45, 7) is 2.03. The van der Waals surface area contributed by atoms with Gasteiger partial charge >= 0.3 is 0 Å². The maximum Gasteiger partial charge on any atom is 0.168 e. The van der Waals surface area contributed by atoms with E-state index in [1.54, 1.807) is 0 Å². The number of benzene rings is 2. The highest BCUT2D eigenvalue weighted by atomic mass is 127. The van der Waals surface area contributed by atoms with Crippen LogP contribution in [0.15, 0.2) is 46.9 Å². The second-order valence-electron chi connectivity index (χ2n) is 4.15. The van der Waals surface area contributed by atoms with Gasteiger partial charge in [-0.1, -0.05) is 40.2 Å². The normalized spacial score (nSPS) is 10.4. The van der Waals surface area contributed by atoms with E-state index < -0.39 is 0 Å². The van der Waals surface area contributed by atoms with Crippen LogP contribution in [0.25, 0.3) is 0 Å². The average Bonchev–Trinajstić information content (AvgIpc) is 2.35. The molecule has 1 nitrogen and oxygen atoms in total. The quantitative estimate of drug-likeness (QED) is 0.521. The number of halogens is 2. The van der Waals surface area contributed by atoms with Crippen LogP contribution < -0.4 is 0 Å². The van der Waals surface area contributed by atoms with Crippen LogP contribution in [0.1, 0.15) is 21.5 Å². The zero-order valence-electron chi connectivity index (χ0n) is 9.91. The van der Waals surface area contributed by atoms with Crippen molar-refractivity contribution in [1.29, 1.82) is 0 Å². The van der Waals surface area contributed by atoms with Crippen molar-refractivity contribution < 1.29 is 4.79 Å². The van der Waals surface area contributed by atoms with E-state index in [9.17, 15) is 4.79 Å². The largest absolute Gasteiger partial charge is 0.294 e. The lowest BCUT2D eigenvalue weighted by Crippen LogP contribution is -2.06. The van der Waals surface area contributed by atoms with E-state index >= 15 is 0 Å². The summed E-state index contributed by atoms with van der Waals surface area (Å²) < 4.78 is 1.94. The van der Waals surface area contributed by atoms with E-state index in [-0.39, 0.29) is 5.78 Å². The molecule has 0 spiro atoms. The predicted molar refractivity (Wildman–Crippen MR) is 86.1 cm³/mol. The third kappa shape index (κ3) is 3.20. The van der Waals surface area contributed by atoms with Gasteiger partial charge < -0.3 is 0 Å². The van der Waals surface area contributed by atoms with Crippen LogP contribution in [0, 0.1) is 10.5 Å². The topological polar surface area (TPSA) is 17.1 Å². The first-order valence-corrected chi connectivity index (χ1v) is 7.48. The first-order chi connectivity index (χ1) is 8.58. The van der Waals surface area contributed by atoms with Crippen molar-refractivity contribution in [3.05, 3.63) is 67.2 Å². The number of carbonyl (C=O) groups is 1. The zero-order chi connectivity index (χ0) is 13.1. The summed E-state index contributed by atoms with van der Waals surface area (Å²) >= 11 is 5.66. The van der Waals surface area contributed by atoms with Gasteiger partial charge in [-0.15, -0.1) is 0 Å². The van der Waals surface area contributed by atoms with Crippen molar-refractivity contribution in [3.63, 3.8) is 0 Å². The van der Waals surface area contributed by atoms with Crippen LogP contribution in [-0.2, 0) is 6.42 Å². The molecule has 0 aromatic heterocycles. The van der Waals surface area contributed by atoms with E-state index in [4.69, 9.17) is 0 Å². The Morgan fingerprint density at radius 3 is 2.67 bits per heavy atom. The summed E-state index contributed by atoms with van der Waals surface area (Å²) in [5.41, 5.74) is 3.01. The van der Waals surface area contributed by atoms with Crippen LogP contribution in [-0.4, -0.2) is 5.78 Å². The fraction of sp³-hybridized carbons (Fsp3) is 0.133. The Morgan fingerprint density at radius 2 is 1.94 bits per heavy atom. The van der Waals surface area contributed by atoms with Gasteiger partial charge in [-0.05, 0) is 58.8 Å². The molecule has 18 heavy (non-hydrogen) atoms. The fourth-order valence-corrected chi connectivity index (χ4v) is 2.75. The van der Waals surface area contributed by atoms with Crippen molar-refractivity contribution in [3.8, 4) is 0 Å². The van der Waals surface area contributed by atoms with Crippen molar-refractivity contribution >= 4 is 44.3 Å². The molecule has 0 saturated heterocycles. The molecule has 0 atom stereocenters. The lowest BCUT2D eigenvalue weighted by molar-refractivity contribution is 0.0992. The Labute approximate surface area is 129 Å². The van der Waals surface area contributed by atoms with Gasteiger partial charge in [0.1, 0.15) is 0 Å². The monoisotopic (exact) mass is 414 g/mol. The molecule has 0 radical (unpaired) electrons. The number of ketones is 1. The molecule has 3 heteroatoms. The summed E-state index contributed by atoms with van der Waals surface area (Å²) in [7, 11) is 0. The minimum atomic E-state index is 0.148. The Hall–Kier alpha value is -0.680. The van der Waals surface area contributed by atoms with E-state index in [1.165, 1.54) is 0 Å². The highest BCUT2D eigenvalue weighted by molar-refractivity contribution is 14.1. The van der Waals surface area contributed by atoms with Gasteiger partial charge in [0, 0.05) is 20.0 Å². The Morgan fingerprint density at radius 1 is 1.22 bits per heavy atom. The van der Waals surface area contributed by atoms with Crippen molar-refractivity contribution in [2.24, 2.45) is 0 Å². The van der Waals surface area contributed by atoms with Crippen LogP contribution in [0.4, 0.5) is 0 Å². The highest BCUT2D eigenvalue weighted by Gasteiger charge is 2.12. The summed E-state index contributed by atoms with van der Waals surface area (Å²) in [6.07, 6.45) is 0.450. The molecule has 2 aromatic carbocycles. The molecule has 0 aliphatic carbocycles. The molecule has 0 N–H and O–H groups in total. The molecule has 0 heterocycles. The third-order valence-electron chi connectivity index (χ3n) is 2.84. The molecular formula is C15H12BrIO. The first kappa shape index (κ1) is 13.7. The van der Waals surface area contributed by atoms with Gasteiger partial charge in [0.05, 0.1) is 0 Å². The van der Waals surface area contributed by atoms with E-state index in [0.717, 1.165) is 24.7 Å². The second-order valence-corrected chi connectivity index (χ2v) is 6.25. The second kappa shape index (κ2) is 5.97. The molecule has 0 fully saturated rings. The molecule has 0 aliphatic heterocycles. The molecule has 0 bridgehead atoms. The standard InChI is InChI=1S/C15H12BrIO/c1-10-4-2-3-5-11(10)8-15(18)13-9-12(17)6-7-14(13)16/h2-7,9H,8H2,1H3. The third-order valence-corrected chi connectivity index (χ3v) is 4.20. The van der Waals surface area contributed by atoms with Crippen molar-refractivity contribution in [2.45, 2.75) is 13.3 Å². The molecule has 2 aromatic rings. The van der Waals surface area contributed by atoms with E-state index in [1.807, 2.05) is 49.4 Å². The number of rotatable bonds is 3. The smallest absolute Gasteiger partial charge is 0.168 e. The Balaban J connectivity index is 2.28. The molecule has 2 rings (SSSR count). The maximum atomic E-state index is 12.3. The number of hydrogen-bond acceptors (Lipinski definition) is 1. The fourth-order valence-electron chi connectivity index (χ4n) is 1.79. The molecular weight excluding hydrogens is 403 g/mol. The average molecular weight is 415 g/mol. The molecule has 0 saturated carbocycles. The van der Waals surface area contributed by atoms with Gasteiger partial charge in [-0.25, -0.2) is 0 Å². The number of carbonyl (C=O) groups excluding carboxylic acids is 1. The van der Waals surface area contributed by atoms with Crippen LogP contribution >= 0.6 is 38.5 Å². The van der Waals surface area contributed by atoms with Crippen molar-refractivity contribution in [2.75, 3.05) is 0 Å². The zero-order valence-corrected chi connectivity index (χ0v) is 13.7. The predicted octanol–water partition coefficient (Wildman–Crippen LogP) is 4.79. The summed E-state index contributed by atoms with van der Waals surface area (Å²) in [4.78, 5) is 12.3. The van der Waals surface area contributed by atoms with Crippen LogP contribution in [0.3, 0.4) is 0 Å². The lowest BCUT2D eigenvalue weighted by Gasteiger charge is -2.07. The Kier molecular flexibility index (Phi) is 4.56. The van der Waals surface area contributed by atoms with Crippen molar-refractivity contribution in [1.82, 2.24) is 0 Å². The maximum absolute atomic E-state index is 12.3. The number of hydrogen-bond donors (Lipinski definition) is 0. The van der Waals surface area contributed by atoms with E-state index in [0.29, 0.717) is 6.42 Å². The van der Waals surface area contributed by atoms with Gasteiger partial charge in [0.25, 0.3) is 0 Å². The summed E-state index contributed by atoms with van der Waals surface area (Å²) in [5, 5.41) is 0. The van der Waals surface area contributed by atoms with E-state index in [2.05, 4.69) is 38.5 Å². The molecule has 0 amide bonds. The molecule has 0 aliphatic rings.